The predicted molar refractivity (Wildman–Crippen MR) is 163 cm³/mol. The van der Waals surface area contributed by atoms with Crippen LogP contribution in [0, 0.1) is 5.92 Å². The third kappa shape index (κ3) is 8.48. The Morgan fingerprint density at radius 2 is 1.70 bits per heavy atom. The van der Waals surface area contributed by atoms with E-state index in [-0.39, 0.29) is 35.8 Å². The maximum atomic E-state index is 14.0. The molecule has 1 aliphatic heterocycles. The van der Waals surface area contributed by atoms with Gasteiger partial charge in [0.1, 0.15) is 29.8 Å². The van der Waals surface area contributed by atoms with Crippen LogP contribution in [0.3, 0.4) is 0 Å². The third-order valence-corrected chi connectivity index (χ3v) is 7.81. The molecule has 228 valence electrons. The highest BCUT2D eigenvalue weighted by molar-refractivity contribution is 5.94. The molecule has 10 nitrogen and oxygen atoms in total. The number of primary amides is 1. The molecule has 3 amide bonds. The van der Waals surface area contributed by atoms with Gasteiger partial charge in [0.25, 0.3) is 0 Å². The molecule has 3 aromatic rings. The van der Waals surface area contributed by atoms with E-state index in [1.807, 2.05) is 12.1 Å². The number of aromatic hydroxyl groups is 2. The number of ether oxygens (including phenoxy) is 1. The van der Waals surface area contributed by atoms with Gasteiger partial charge in [-0.15, -0.1) is 0 Å². The van der Waals surface area contributed by atoms with Crippen molar-refractivity contribution in [3.63, 3.8) is 0 Å². The molecule has 1 saturated heterocycles. The number of nitrogens with one attached hydrogen (secondary N) is 1. The van der Waals surface area contributed by atoms with Crippen LogP contribution in [0.15, 0.2) is 72.8 Å². The second-order valence-corrected chi connectivity index (χ2v) is 11.9. The summed E-state index contributed by atoms with van der Waals surface area (Å²) >= 11 is 0. The Hall–Kier alpha value is -4.57. The fourth-order valence-electron chi connectivity index (χ4n) is 5.65. The zero-order valence-electron chi connectivity index (χ0n) is 24.9. The lowest BCUT2D eigenvalue weighted by molar-refractivity contribution is -0.928. The number of benzene rings is 3. The van der Waals surface area contributed by atoms with E-state index >= 15 is 0 Å². The minimum Gasteiger partial charge on any atom is -0.508 e. The molecule has 0 saturated carbocycles. The number of urea groups is 1. The van der Waals surface area contributed by atoms with Gasteiger partial charge >= 0.3 is 12.0 Å². The Bertz CT molecular complexity index is 1430. The summed E-state index contributed by atoms with van der Waals surface area (Å²) < 4.78 is 5.95. The van der Waals surface area contributed by atoms with E-state index in [9.17, 15) is 24.6 Å². The normalized spacial score (nSPS) is 18.9. The summed E-state index contributed by atoms with van der Waals surface area (Å²) in [7, 11) is 2.11. The summed E-state index contributed by atoms with van der Waals surface area (Å²) in [6.07, 6.45) is 1.69. The average molecular weight is 590 g/mol. The van der Waals surface area contributed by atoms with Gasteiger partial charge in [-0.1, -0.05) is 38.1 Å². The summed E-state index contributed by atoms with van der Waals surface area (Å²) in [6, 6.07) is 18.4. The maximum absolute atomic E-state index is 14.0. The lowest BCUT2D eigenvalue weighted by Crippen LogP contribution is -2.62. The lowest BCUT2D eigenvalue weighted by atomic mass is 9.96. The first-order valence-electron chi connectivity index (χ1n) is 14.5. The highest BCUT2D eigenvalue weighted by Crippen LogP contribution is 2.28. The largest absolute Gasteiger partial charge is 0.508 e. The lowest BCUT2D eigenvalue weighted by Gasteiger charge is -2.46. The van der Waals surface area contributed by atoms with Gasteiger partial charge in [-0.25, -0.2) is 4.79 Å². The Morgan fingerprint density at radius 1 is 1.00 bits per heavy atom. The Labute approximate surface area is 252 Å². The van der Waals surface area contributed by atoms with Gasteiger partial charge in [0.05, 0.1) is 32.1 Å². The van der Waals surface area contributed by atoms with Crippen molar-refractivity contribution in [2.24, 2.45) is 11.7 Å². The first-order valence-corrected chi connectivity index (χ1v) is 14.5. The van der Waals surface area contributed by atoms with E-state index in [4.69, 9.17) is 10.5 Å². The van der Waals surface area contributed by atoms with Gasteiger partial charge < -0.3 is 35.4 Å². The van der Waals surface area contributed by atoms with Crippen LogP contribution in [0.1, 0.15) is 37.8 Å². The number of amides is 3. The number of likely N-dealkylation sites (N-methyl/N-ethyl adjacent to an activating group) is 1. The highest BCUT2D eigenvalue weighted by atomic mass is 16.5. The summed E-state index contributed by atoms with van der Waals surface area (Å²) in [5, 5.41) is 22.7. The SMILES string of the molecule is CC(C)C(=O)Oc1ccc(NC(=O)N([C@H]2CCC[N+](C)(Cc3cccc(O)c3)C2)[C@@H](Cc2ccc(O)cc2)C(N)=O)cc1. The van der Waals surface area contributed by atoms with Crippen LogP contribution in [-0.4, -0.2) is 69.7 Å². The number of piperidine rings is 1. The highest BCUT2D eigenvalue weighted by Gasteiger charge is 2.41. The summed E-state index contributed by atoms with van der Waals surface area (Å²) in [6.45, 7) is 5.59. The number of carbonyl (C=O) groups excluding carboxylic acids is 3. The number of nitrogens with zero attached hydrogens (tertiary/aromatic N) is 2. The maximum Gasteiger partial charge on any atom is 0.323 e. The standard InChI is InChI=1S/C33H40N4O6/c1-22(2)32(41)43-29-15-11-25(12-16-29)35-33(42)36(30(31(34)40)19-23-9-13-27(38)14-10-23)26-7-5-17-37(3,21-26)20-24-6-4-8-28(39)18-24/h4,6,8-16,18,22,26,30H,5,7,17,19-21H2,1-3H3,(H4-,34,35,38,39,40,42)/p+1/t26-,30-,37?/m0/s1. The second-order valence-electron chi connectivity index (χ2n) is 11.9. The number of rotatable bonds is 10. The molecule has 43 heavy (non-hydrogen) atoms. The fourth-order valence-corrected chi connectivity index (χ4v) is 5.65. The summed E-state index contributed by atoms with van der Waals surface area (Å²) in [5.74, 6) is -0.602. The number of nitrogens with two attached hydrogens (primary N) is 1. The monoisotopic (exact) mass is 589 g/mol. The zero-order valence-corrected chi connectivity index (χ0v) is 24.9. The summed E-state index contributed by atoms with van der Waals surface area (Å²) in [5.41, 5.74) is 8.17. The smallest absolute Gasteiger partial charge is 0.323 e. The van der Waals surface area contributed by atoms with E-state index in [2.05, 4.69) is 12.4 Å². The van der Waals surface area contributed by atoms with E-state index in [1.165, 1.54) is 12.1 Å². The van der Waals surface area contributed by atoms with Crippen LogP contribution < -0.4 is 15.8 Å². The number of quaternary nitrogens is 1. The molecule has 1 aliphatic rings. The number of likely N-dealkylation sites (tertiary alicyclic amines) is 1. The van der Waals surface area contributed by atoms with E-state index in [0.717, 1.165) is 24.1 Å². The second kappa shape index (κ2) is 13.6. The number of phenols is 2. The molecule has 0 bridgehead atoms. The van der Waals surface area contributed by atoms with Crippen molar-refractivity contribution in [2.75, 3.05) is 25.5 Å². The summed E-state index contributed by atoms with van der Waals surface area (Å²) in [4.78, 5) is 40.5. The molecule has 1 heterocycles. The molecule has 0 radical (unpaired) electrons. The molecule has 10 heteroatoms. The minimum absolute atomic E-state index is 0.101. The van der Waals surface area contributed by atoms with Crippen molar-refractivity contribution in [1.29, 1.82) is 0 Å². The van der Waals surface area contributed by atoms with Crippen molar-refractivity contribution in [1.82, 2.24) is 4.90 Å². The molecule has 1 fully saturated rings. The number of phenolic OH excluding ortho intramolecular Hbond substituents is 2. The molecule has 1 unspecified atom stereocenters. The predicted octanol–water partition coefficient (Wildman–Crippen LogP) is 4.40. The molecular weight excluding hydrogens is 548 g/mol. The Morgan fingerprint density at radius 3 is 2.33 bits per heavy atom. The van der Waals surface area contributed by atoms with Gasteiger partial charge in [0, 0.05) is 17.7 Å². The van der Waals surface area contributed by atoms with Crippen LogP contribution in [0.25, 0.3) is 0 Å². The zero-order chi connectivity index (χ0) is 31.1. The van der Waals surface area contributed by atoms with Crippen molar-refractivity contribution in [2.45, 2.75) is 51.7 Å². The molecule has 4 rings (SSSR count). The van der Waals surface area contributed by atoms with Crippen molar-refractivity contribution in [3.05, 3.63) is 83.9 Å². The minimum atomic E-state index is -0.951. The van der Waals surface area contributed by atoms with E-state index < -0.39 is 18.0 Å². The molecule has 0 aromatic heterocycles. The average Bonchev–Trinajstić information content (AvgIpc) is 2.94. The van der Waals surface area contributed by atoms with E-state index in [1.54, 1.807) is 67.3 Å². The van der Waals surface area contributed by atoms with Gasteiger partial charge in [-0.2, -0.15) is 0 Å². The third-order valence-electron chi connectivity index (χ3n) is 7.81. The van der Waals surface area contributed by atoms with Gasteiger partial charge in [-0.3, -0.25) is 9.59 Å². The molecule has 0 aliphatic carbocycles. The molecular formula is C33H41N4O6+. The number of carbonyl (C=O) groups is 3. The molecule has 3 atom stereocenters. The Balaban J connectivity index is 1.61. The van der Waals surface area contributed by atoms with Crippen LogP contribution in [0.5, 0.6) is 17.2 Å². The first kappa shape index (κ1) is 31.4. The number of esters is 1. The van der Waals surface area contributed by atoms with Gasteiger partial charge in [0.15, 0.2) is 0 Å². The quantitative estimate of drug-likeness (QED) is 0.157. The number of hydrogen-bond donors (Lipinski definition) is 4. The van der Waals surface area contributed by atoms with Crippen molar-refractivity contribution < 1.29 is 33.8 Å². The van der Waals surface area contributed by atoms with Crippen LogP contribution in [0.2, 0.25) is 0 Å². The van der Waals surface area contributed by atoms with Gasteiger partial charge in [0.2, 0.25) is 5.91 Å². The molecule has 0 spiro atoms. The van der Waals surface area contributed by atoms with E-state index in [0.29, 0.717) is 35.4 Å². The first-order chi connectivity index (χ1) is 20.4. The van der Waals surface area contributed by atoms with Crippen molar-refractivity contribution in [3.8, 4) is 17.2 Å². The molecule has 5 N–H and O–H groups in total. The fraction of sp³-hybridized carbons (Fsp3) is 0.364. The van der Waals surface area contributed by atoms with Crippen LogP contribution >= 0.6 is 0 Å². The van der Waals surface area contributed by atoms with Crippen molar-refractivity contribution >= 4 is 23.6 Å². The number of hydrogen-bond acceptors (Lipinski definition) is 6. The van der Waals surface area contributed by atoms with Gasteiger partial charge in [-0.05, 0) is 66.9 Å². The number of anilines is 1. The van der Waals surface area contributed by atoms with Crippen LogP contribution in [-0.2, 0) is 22.6 Å². The van der Waals surface area contributed by atoms with Crippen LogP contribution in [0.4, 0.5) is 10.5 Å². The molecule has 3 aromatic carbocycles. The topological polar surface area (TPSA) is 142 Å². The Kier molecular flexibility index (Phi) is 9.92.